The molecule has 4 aromatic rings. The van der Waals surface area contributed by atoms with E-state index in [9.17, 15) is 9.90 Å². The summed E-state index contributed by atoms with van der Waals surface area (Å²) in [6.07, 6.45) is 0.610. The third kappa shape index (κ3) is 3.78. The van der Waals surface area contributed by atoms with E-state index >= 15 is 0 Å². The third-order valence-corrected chi connectivity index (χ3v) is 9.52. The van der Waals surface area contributed by atoms with Crippen LogP contribution in [0.2, 0.25) is 5.02 Å². The molecule has 2 N–H and O–H groups in total. The van der Waals surface area contributed by atoms with E-state index in [0.717, 1.165) is 38.1 Å². The Hall–Kier alpha value is -2.70. The second kappa shape index (κ2) is 9.07. The van der Waals surface area contributed by atoms with Crippen molar-refractivity contribution in [3.8, 4) is 11.1 Å². The first-order valence-electron chi connectivity index (χ1n) is 11.5. The lowest BCUT2D eigenvalue weighted by Crippen LogP contribution is -2.29. The molecule has 1 atom stereocenters. The molecule has 1 aromatic heterocycles. The molecular formula is C29H22ClNO2S2. The first-order valence-corrected chi connectivity index (χ1v) is 13.8. The zero-order chi connectivity index (χ0) is 24.0. The van der Waals surface area contributed by atoms with Crippen LogP contribution in [-0.4, -0.2) is 27.4 Å². The fraction of sp³-hybridized carbons (Fsp3) is 0.138. The summed E-state index contributed by atoms with van der Waals surface area (Å²) >= 11 is 9.51. The monoisotopic (exact) mass is 515 g/mol. The second-order valence-electron chi connectivity index (χ2n) is 8.66. The molecular weight excluding hydrogens is 494 g/mol. The van der Waals surface area contributed by atoms with Crippen LogP contribution in [0, 0.1) is 0 Å². The van der Waals surface area contributed by atoms with Gasteiger partial charge in [-0.25, -0.2) is 0 Å². The van der Waals surface area contributed by atoms with E-state index in [4.69, 9.17) is 11.6 Å². The SMILES string of the molecule is O=C1C(=C2SCCS2)C(O)(c2ccccc2)c2[nH]c(Cc3ccccc3)c(-c3ccc(Cl)cc3)c21. The van der Waals surface area contributed by atoms with E-state index in [1.54, 1.807) is 23.5 Å². The number of fused-ring (bicyclic) bond motifs is 1. The zero-order valence-electron chi connectivity index (χ0n) is 18.8. The molecule has 1 saturated heterocycles. The van der Waals surface area contributed by atoms with Gasteiger partial charge in [-0.15, -0.1) is 23.5 Å². The van der Waals surface area contributed by atoms with Crippen molar-refractivity contribution in [2.75, 3.05) is 11.5 Å². The highest BCUT2D eigenvalue weighted by atomic mass is 35.5. The van der Waals surface area contributed by atoms with Crippen LogP contribution in [-0.2, 0) is 12.0 Å². The molecule has 0 amide bonds. The number of hydrogen-bond acceptors (Lipinski definition) is 4. The average molecular weight is 516 g/mol. The predicted octanol–water partition coefficient (Wildman–Crippen LogP) is 7.05. The van der Waals surface area contributed by atoms with Crippen LogP contribution in [0.3, 0.4) is 0 Å². The molecule has 3 nitrogen and oxygen atoms in total. The summed E-state index contributed by atoms with van der Waals surface area (Å²) in [5.41, 5.74) is 4.50. The summed E-state index contributed by atoms with van der Waals surface area (Å²) in [4.78, 5) is 17.7. The number of hydrogen-bond donors (Lipinski definition) is 2. The van der Waals surface area contributed by atoms with Gasteiger partial charge >= 0.3 is 0 Å². The van der Waals surface area contributed by atoms with Crippen molar-refractivity contribution < 1.29 is 9.90 Å². The van der Waals surface area contributed by atoms with Gasteiger partial charge in [0.25, 0.3) is 0 Å². The van der Waals surface area contributed by atoms with E-state index in [2.05, 4.69) is 17.1 Å². The number of aromatic amines is 1. The lowest BCUT2D eigenvalue weighted by Gasteiger charge is -2.26. The van der Waals surface area contributed by atoms with Gasteiger partial charge in [0.05, 0.1) is 21.1 Å². The molecule has 0 radical (unpaired) electrons. The number of benzene rings is 3. The van der Waals surface area contributed by atoms with Crippen LogP contribution in [0.15, 0.2) is 94.7 Å². The van der Waals surface area contributed by atoms with Crippen molar-refractivity contribution in [3.63, 3.8) is 0 Å². The smallest absolute Gasteiger partial charge is 0.196 e. The Morgan fingerprint density at radius 1 is 0.857 bits per heavy atom. The highest BCUT2D eigenvalue weighted by molar-refractivity contribution is 8.25. The fourth-order valence-corrected chi connectivity index (χ4v) is 7.76. The van der Waals surface area contributed by atoms with Crippen LogP contribution in [0.4, 0.5) is 0 Å². The van der Waals surface area contributed by atoms with Gasteiger partial charge in [-0.3, -0.25) is 4.79 Å². The maximum atomic E-state index is 14.2. The largest absolute Gasteiger partial charge is 0.374 e. The van der Waals surface area contributed by atoms with E-state index < -0.39 is 5.60 Å². The lowest BCUT2D eigenvalue weighted by atomic mass is 9.88. The fourth-order valence-electron chi connectivity index (χ4n) is 5.00. The van der Waals surface area contributed by atoms with Gasteiger partial charge in [0.15, 0.2) is 11.4 Å². The average Bonchev–Trinajstić information content (AvgIpc) is 3.58. The van der Waals surface area contributed by atoms with Crippen molar-refractivity contribution in [1.29, 1.82) is 0 Å². The summed E-state index contributed by atoms with van der Waals surface area (Å²) in [5, 5.41) is 13.1. The Balaban J connectivity index is 1.63. The molecule has 1 aliphatic carbocycles. The van der Waals surface area contributed by atoms with E-state index in [0.29, 0.717) is 33.8 Å². The minimum atomic E-state index is -1.54. The second-order valence-corrected chi connectivity index (χ2v) is 11.6. The maximum Gasteiger partial charge on any atom is 0.196 e. The number of carbonyl (C=O) groups excluding carboxylic acids is 1. The number of H-pyrrole nitrogens is 1. The quantitative estimate of drug-likeness (QED) is 0.286. The van der Waals surface area contributed by atoms with Crippen molar-refractivity contribution in [3.05, 3.63) is 128 Å². The molecule has 1 aliphatic heterocycles. The third-order valence-electron chi connectivity index (χ3n) is 6.56. The summed E-state index contributed by atoms with van der Waals surface area (Å²) in [6.45, 7) is 0. The van der Waals surface area contributed by atoms with Gasteiger partial charge in [-0.2, -0.15) is 0 Å². The van der Waals surface area contributed by atoms with Crippen LogP contribution >= 0.6 is 35.1 Å². The highest BCUT2D eigenvalue weighted by Crippen LogP contribution is 2.54. The molecule has 1 unspecified atom stereocenters. The van der Waals surface area contributed by atoms with Crippen LogP contribution in [0.1, 0.15) is 32.9 Å². The maximum absolute atomic E-state index is 14.2. The Labute approximate surface area is 217 Å². The number of carbonyl (C=O) groups is 1. The highest BCUT2D eigenvalue weighted by Gasteiger charge is 2.53. The van der Waals surface area contributed by atoms with Crippen LogP contribution in [0.25, 0.3) is 11.1 Å². The van der Waals surface area contributed by atoms with Gasteiger partial charge in [-0.05, 0) is 28.8 Å². The van der Waals surface area contributed by atoms with Gasteiger partial charge in [-0.1, -0.05) is 84.4 Å². The molecule has 174 valence electrons. The molecule has 3 aromatic carbocycles. The Morgan fingerprint density at radius 3 is 2.14 bits per heavy atom. The lowest BCUT2D eigenvalue weighted by molar-refractivity contribution is 0.0934. The topological polar surface area (TPSA) is 53.1 Å². The first kappa shape index (κ1) is 22.7. The van der Waals surface area contributed by atoms with E-state index in [1.165, 1.54) is 0 Å². The summed E-state index contributed by atoms with van der Waals surface area (Å²) in [5.74, 6) is 1.75. The van der Waals surface area contributed by atoms with Gasteiger partial charge in [0.1, 0.15) is 0 Å². The van der Waals surface area contributed by atoms with E-state index in [-0.39, 0.29) is 5.78 Å². The minimum Gasteiger partial charge on any atom is -0.374 e. The normalized spacial score (nSPS) is 19.4. The Morgan fingerprint density at radius 2 is 1.49 bits per heavy atom. The molecule has 0 bridgehead atoms. The molecule has 6 heteroatoms. The standard InChI is InChI=1S/C29H22ClNO2S2/c30-21-13-11-19(12-14-21)23-22(17-18-7-3-1-4-8-18)31-27-24(23)26(32)25(28-34-15-16-35-28)29(27,33)20-9-5-2-6-10-20/h1-14,31,33H,15-17H2. The van der Waals surface area contributed by atoms with Crippen molar-refractivity contribution >= 4 is 40.9 Å². The summed E-state index contributed by atoms with van der Waals surface area (Å²) < 4.78 is 0.914. The number of rotatable bonds is 4. The number of halogens is 1. The van der Waals surface area contributed by atoms with Crippen LogP contribution < -0.4 is 0 Å². The zero-order valence-corrected chi connectivity index (χ0v) is 21.1. The van der Waals surface area contributed by atoms with Gasteiger partial charge in [0, 0.05) is 34.2 Å². The molecule has 6 rings (SSSR count). The molecule has 2 heterocycles. The number of aromatic nitrogens is 1. The predicted molar refractivity (Wildman–Crippen MR) is 146 cm³/mol. The molecule has 0 spiro atoms. The van der Waals surface area contributed by atoms with Crippen molar-refractivity contribution in [2.45, 2.75) is 12.0 Å². The Kier molecular flexibility index (Phi) is 5.89. The molecule has 35 heavy (non-hydrogen) atoms. The molecule has 2 aliphatic rings. The van der Waals surface area contributed by atoms with Crippen molar-refractivity contribution in [2.24, 2.45) is 0 Å². The van der Waals surface area contributed by atoms with Gasteiger partial charge < -0.3 is 10.1 Å². The molecule has 1 fully saturated rings. The van der Waals surface area contributed by atoms with Crippen LogP contribution in [0.5, 0.6) is 0 Å². The number of Topliss-reactive ketones (excluding diaryl/α,β-unsaturated/α-hetero) is 1. The first-order chi connectivity index (χ1) is 17.1. The Bertz CT molecular complexity index is 1440. The number of nitrogens with one attached hydrogen (secondary N) is 1. The molecule has 0 saturated carbocycles. The van der Waals surface area contributed by atoms with Gasteiger partial charge in [0.2, 0.25) is 0 Å². The van der Waals surface area contributed by atoms with E-state index in [1.807, 2.05) is 72.8 Å². The van der Waals surface area contributed by atoms with Crippen molar-refractivity contribution in [1.82, 2.24) is 4.98 Å². The minimum absolute atomic E-state index is 0.108. The number of ketones is 1. The summed E-state index contributed by atoms with van der Waals surface area (Å²) in [7, 11) is 0. The summed E-state index contributed by atoms with van der Waals surface area (Å²) in [6, 6.07) is 27.2. The number of aliphatic hydroxyl groups is 1. The number of thioether (sulfide) groups is 2.